The van der Waals surface area contributed by atoms with E-state index >= 15 is 0 Å². The molecule has 0 aliphatic heterocycles. The van der Waals surface area contributed by atoms with Crippen molar-refractivity contribution in [3.8, 4) is 0 Å². The fraction of sp³-hybridized carbons (Fsp3) is 1.00. The number of aliphatic hydroxyl groups is 1. The maximum absolute atomic E-state index is 8.59. The summed E-state index contributed by atoms with van der Waals surface area (Å²) in [6.45, 7) is 8.50. The lowest BCUT2D eigenvalue weighted by atomic mass is 9.89. The Balaban J connectivity index is 3.00. The number of aliphatic hydroxyl groups excluding tert-OH is 1. The monoisotopic (exact) mass is 328 g/mol. The van der Waals surface area contributed by atoms with E-state index in [-0.39, 0.29) is 6.61 Å². The van der Waals surface area contributed by atoms with Crippen LogP contribution in [0.4, 0.5) is 0 Å². The Kier molecular flexibility index (Phi) is 16.7. The van der Waals surface area contributed by atoms with Crippen molar-refractivity contribution >= 4 is 0 Å². The number of unbranched alkanes of at least 4 members (excludes halogenated alkanes) is 12. The van der Waals surface area contributed by atoms with Crippen LogP contribution in [-0.2, 0) is 4.74 Å². The van der Waals surface area contributed by atoms with E-state index in [1.165, 1.54) is 83.5 Å². The summed E-state index contributed by atoms with van der Waals surface area (Å²) < 4.78 is 5.26. The Morgan fingerprint density at radius 1 is 0.565 bits per heavy atom. The summed E-state index contributed by atoms with van der Waals surface area (Å²) in [7, 11) is 0. The van der Waals surface area contributed by atoms with Crippen LogP contribution in [-0.4, -0.2) is 24.9 Å². The minimum Gasteiger partial charge on any atom is -0.394 e. The topological polar surface area (TPSA) is 29.5 Å². The summed E-state index contributed by atoms with van der Waals surface area (Å²) >= 11 is 0. The zero-order chi connectivity index (χ0) is 17.2. The highest BCUT2D eigenvalue weighted by molar-refractivity contribution is 4.61. The molecule has 0 aromatic heterocycles. The van der Waals surface area contributed by atoms with E-state index in [9.17, 15) is 0 Å². The van der Waals surface area contributed by atoms with Gasteiger partial charge in [-0.05, 0) is 18.3 Å². The minimum atomic E-state index is 0.150. The Morgan fingerprint density at radius 2 is 0.957 bits per heavy atom. The first kappa shape index (κ1) is 22.9. The molecule has 0 saturated carbocycles. The molecule has 0 aromatic rings. The first-order chi connectivity index (χ1) is 11.1. The zero-order valence-corrected chi connectivity index (χ0v) is 16.4. The predicted octanol–water partition coefficient (Wildman–Crippen LogP) is 6.50. The maximum Gasteiger partial charge on any atom is 0.0697 e. The molecule has 0 amide bonds. The Hall–Kier alpha value is -0.0800. The molecule has 23 heavy (non-hydrogen) atoms. The van der Waals surface area contributed by atoms with Gasteiger partial charge in [-0.3, -0.25) is 0 Å². The van der Waals surface area contributed by atoms with Gasteiger partial charge in [0.2, 0.25) is 0 Å². The molecule has 0 radical (unpaired) electrons. The van der Waals surface area contributed by atoms with E-state index in [4.69, 9.17) is 9.84 Å². The average Bonchev–Trinajstić information content (AvgIpc) is 2.49. The van der Waals surface area contributed by atoms with Gasteiger partial charge >= 0.3 is 0 Å². The lowest BCUT2D eigenvalue weighted by Crippen LogP contribution is -2.03. The van der Waals surface area contributed by atoms with Crippen molar-refractivity contribution in [3.05, 3.63) is 0 Å². The van der Waals surface area contributed by atoms with Gasteiger partial charge in [0.05, 0.1) is 13.2 Å². The molecule has 0 heterocycles. The normalized spacial score (nSPS) is 12.0. The van der Waals surface area contributed by atoms with Gasteiger partial charge in [0, 0.05) is 6.61 Å². The van der Waals surface area contributed by atoms with Crippen molar-refractivity contribution < 1.29 is 9.84 Å². The molecule has 2 nitrogen and oxygen atoms in total. The third kappa shape index (κ3) is 21.9. The molecule has 0 aliphatic carbocycles. The van der Waals surface area contributed by atoms with Crippen LogP contribution in [0.5, 0.6) is 0 Å². The maximum atomic E-state index is 8.59. The number of ether oxygens (including phenoxy) is 1. The second kappa shape index (κ2) is 16.8. The number of hydrogen-bond donors (Lipinski definition) is 1. The van der Waals surface area contributed by atoms with Gasteiger partial charge in [0.25, 0.3) is 0 Å². The van der Waals surface area contributed by atoms with Gasteiger partial charge in [-0.15, -0.1) is 0 Å². The van der Waals surface area contributed by atoms with Gasteiger partial charge in [-0.1, -0.05) is 97.8 Å². The summed E-state index contributed by atoms with van der Waals surface area (Å²) in [5, 5.41) is 8.59. The Morgan fingerprint density at radius 3 is 1.35 bits per heavy atom. The molecular formula is C21H44O2. The SMILES string of the molecule is CC(C)(C)CCCCCCCCCCCCCCCOCCO. The van der Waals surface area contributed by atoms with Crippen LogP contribution in [0.3, 0.4) is 0 Å². The summed E-state index contributed by atoms with van der Waals surface area (Å²) in [4.78, 5) is 0. The highest BCUT2D eigenvalue weighted by Crippen LogP contribution is 2.22. The highest BCUT2D eigenvalue weighted by atomic mass is 16.5. The smallest absolute Gasteiger partial charge is 0.0697 e. The lowest BCUT2D eigenvalue weighted by molar-refractivity contribution is 0.0895. The molecule has 0 saturated heterocycles. The van der Waals surface area contributed by atoms with Crippen molar-refractivity contribution in [2.75, 3.05) is 19.8 Å². The molecule has 0 bridgehead atoms. The Labute approximate surface area is 146 Å². The zero-order valence-electron chi connectivity index (χ0n) is 16.4. The molecule has 0 atom stereocenters. The molecule has 0 aromatic carbocycles. The van der Waals surface area contributed by atoms with Gasteiger partial charge in [-0.25, -0.2) is 0 Å². The second-order valence-corrected chi connectivity index (χ2v) is 8.24. The standard InChI is InChI=1S/C21H44O2/c1-21(2,3)17-15-13-11-9-7-5-4-6-8-10-12-14-16-19-23-20-18-22/h22H,4-20H2,1-3H3. The quantitative estimate of drug-likeness (QED) is 0.309. The Bertz CT molecular complexity index is 220. The third-order valence-electron chi connectivity index (χ3n) is 4.45. The summed E-state index contributed by atoms with van der Waals surface area (Å²) in [5.41, 5.74) is 0.520. The van der Waals surface area contributed by atoms with E-state index in [0.717, 1.165) is 13.0 Å². The molecule has 140 valence electrons. The van der Waals surface area contributed by atoms with Gasteiger partial charge in [0.1, 0.15) is 0 Å². The highest BCUT2D eigenvalue weighted by Gasteiger charge is 2.08. The lowest BCUT2D eigenvalue weighted by Gasteiger charge is -2.17. The fourth-order valence-electron chi connectivity index (χ4n) is 2.97. The second-order valence-electron chi connectivity index (χ2n) is 8.24. The van der Waals surface area contributed by atoms with E-state index in [1.807, 2.05) is 0 Å². The first-order valence-corrected chi connectivity index (χ1v) is 10.2. The van der Waals surface area contributed by atoms with Crippen LogP contribution in [0.15, 0.2) is 0 Å². The molecule has 2 heteroatoms. The van der Waals surface area contributed by atoms with Crippen molar-refractivity contribution in [1.29, 1.82) is 0 Å². The third-order valence-corrected chi connectivity index (χ3v) is 4.45. The molecule has 1 N–H and O–H groups in total. The van der Waals surface area contributed by atoms with Crippen molar-refractivity contribution in [1.82, 2.24) is 0 Å². The summed E-state index contributed by atoms with van der Waals surface area (Å²) in [5.74, 6) is 0. The van der Waals surface area contributed by atoms with E-state index in [1.54, 1.807) is 0 Å². The van der Waals surface area contributed by atoms with Crippen LogP contribution < -0.4 is 0 Å². The van der Waals surface area contributed by atoms with Crippen LogP contribution in [0.25, 0.3) is 0 Å². The van der Waals surface area contributed by atoms with Gasteiger partial charge in [0.15, 0.2) is 0 Å². The van der Waals surface area contributed by atoms with Gasteiger partial charge in [-0.2, -0.15) is 0 Å². The molecule has 0 unspecified atom stereocenters. The number of hydrogen-bond acceptors (Lipinski definition) is 2. The fourth-order valence-corrected chi connectivity index (χ4v) is 2.97. The molecular weight excluding hydrogens is 284 g/mol. The van der Waals surface area contributed by atoms with Crippen molar-refractivity contribution in [2.45, 2.75) is 111 Å². The molecule has 0 aliphatic rings. The summed E-state index contributed by atoms with van der Waals surface area (Å²) in [6, 6.07) is 0. The molecule has 0 rings (SSSR count). The van der Waals surface area contributed by atoms with E-state index < -0.39 is 0 Å². The molecule has 0 fully saturated rings. The van der Waals surface area contributed by atoms with Crippen molar-refractivity contribution in [2.24, 2.45) is 5.41 Å². The van der Waals surface area contributed by atoms with Crippen LogP contribution >= 0.6 is 0 Å². The van der Waals surface area contributed by atoms with Crippen LogP contribution in [0.2, 0.25) is 0 Å². The van der Waals surface area contributed by atoms with Crippen LogP contribution in [0, 0.1) is 5.41 Å². The predicted molar refractivity (Wildman–Crippen MR) is 102 cm³/mol. The largest absolute Gasteiger partial charge is 0.394 e. The van der Waals surface area contributed by atoms with Crippen LogP contribution in [0.1, 0.15) is 111 Å². The molecule has 0 spiro atoms. The van der Waals surface area contributed by atoms with Crippen molar-refractivity contribution in [3.63, 3.8) is 0 Å². The van der Waals surface area contributed by atoms with E-state index in [0.29, 0.717) is 12.0 Å². The minimum absolute atomic E-state index is 0.150. The van der Waals surface area contributed by atoms with Gasteiger partial charge < -0.3 is 9.84 Å². The van der Waals surface area contributed by atoms with E-state index in [2.05, 4.69) is 20.8 Å². The average molecular weight is 329 g/mol. The number of rotatable bonds is 17. The first-order valence-electron chi connectivity index (χ1n) is 10.2. The summed E-state index contributed by atoms with van der Waals surface area (Å²) in [6.07, 6.45) is 19.4.